The van der Waals surface area contributed by atoms with Crippen molar-refractivity contribution in [3.8, 4) is 10.7 Å². The molecule has 0 unspecified atom stereocenters. The molecule has 1 N–H and O–H groups in total. The van der Waals surface area contributed by atoms with Gasteiger partial charge in [-0.1, -0.05) is 6.92 Å². The minimum Gasteiger partial charge on any atom is -0.378 e. The Balaban J connectivity index is 2.36. The number of thiophene rings is 1. The lowest BCUT2D eigenvalue weighted by Gasteiger charge is -2.08. The molecule has 0 atom stereocenters. The highest BCUT2D eigenvalue weighted by molar-refractivity contribution is 9.10. The molecule has 0 aliphatic carbocycles. The third kappa shape index (κ3) is 3.75. The summed E-state index contributed by atoms with van der Waals surface area (Å²) in [7, 11) is 1.67. The van der Waals surface area contributed by atoms with Crippen molar-refractivity contribution in [2.24, 2.45) is 0 Å². The number of nitrogens with zero attached hydrogens (tertiary/aromatic N) is 2. The zero-order valence-electron chi connectivity index (χ0n) is 10.9. The number of rotatable bonds is 6. The molecule has 0 spiro atoms. The third-order valence-corrected chi connectivity index (χ3v) is 4.28. The number of anilines is 1. The van der Waals surface area contributed by atoms with E-state index in [4.69, 9.17) is 4.74 Å². The maximum atomic E-state index is 5.16. The summed E-state index contributed by atoms with van der Waals surface area (Å²) in [5, 5.41) is 5.32. The van der Waals surface area contributed by atoms with Gasteiger partial charge in [-0.2, -0.15) is 0 Å². The van der Waals surface area contributed by atoms with Gasteiger partial charge in [0.15, 0.2) is 5.82 Å². The quantitative estimate of drug-likeness (QED) is 0.864. The predicted molar refractivity (Wildman–Crippen MR) is 82.5 cm³/mol. The van der Waals surface area contributed by atoms with Gasteiger partial charge in [-0.25, -0.2) is 9.97 Å². The molecule has 0 bridgehead atoms. The molecule has 0 fully saturated rings. The molecule has 2 rings (SSSR count). The maximum Gasteiger partial charge on any atom is 0.173 e. The summed E-state index contributed by atoms with van der Waals surface area (Å²) in [6.45, 7) is 3.51. The van der Waals surface area contributed by atoms with Crippen molar-refractivity contribution in [3.05, 3.63) is 27.7 Å². The predicted octanol–water partition coefficient (Wildman–Crippen LogP) is 3.94. The summed E-state index contributed by atoms with van der Waals surface area (Å²) in [5.74, 6) is 1.58. The van der Waals surface area contributed by atoms with E-state index in [-0.39, 0.29) is 0 Å². The van der Waals surface area contributed by atoms with Gasteiger partial charge in [0.25, 0.3) is 0 Å². The number of halogens is 1. The standard InChI is InChI=1S/C13H16BrN3OS/c1-3-5-15-11-7-9(8-18-2)16-13(17-11)12-10(14)4-6-19-12/h4,6-7H,3,5,8H2,1-2H3,(H,15,16,17). The highest BCUT2D eigenvalue weighted by Gasteiger charge is 2.11. The number of ether oxygens (including phenoxy) is 1. The first-order valence-electron chi connectivity index (χ1n) is 6.08. The van der Waals surface area contributed by atoms with Crippen molar-refractivity contribution in [3.63, 3.8) is 0 Å². The lowest BCUT2D eigenvalue weighted by Crippen LogP contribution is -2.05. The van der Waals surface area contributed by atoms with Crippen LogP contribution in [0, 0.1) is 0 Å². The molecule has 2 aromatic heterocycles. The van der Waals surface area contributed by atoms with Crippen molar-refractivity contribution >= 4 is 33.1 Å². The van der Waals surface area contributed by atoms with Crippen LogP contribution in [0.3, 0.4) is 0 Å². The Kier molecular flexibility index (Phi) is 5.30. The molecule has 4 nitrogen and oxygen atoms in total. The zero-order chi connectivity index (χ0) is 13.7. The van der Waals surface area contributed by atoms with Gasteiger partial charge >= 0.3 is 0 Å². The van der Waals surface area contributed by atoms with E-state index in [1.807, 2.05) is 17.5 Å². The number of nitrogens with one attached hydrogen (secondary N) is 1. The van der Waals surface area contributed by atoms with Crippen LogP contribution in [-0.4, -0.2) is 23.6 Å². The fourth-order valence-electron chi connectivity index (χ4n) is 1.62. The number of methoxy groups -OCH3 is 1. The first-order chi connectivity index (χ1) is 9.24. The van der Waals surface area contributed by atoms with Gasteiger partial charge in [-0.05, 0) is 33.8 Å². The van der Waals surface area contributed by atoms with Gasteiger partial charge in [0.05, 0.1) is 17.2 Å². The zero-order valence-corrected chi connectivity index (χ0v) is 13.3. The van der Waals surface area contributed by atoms with Crippen molar-refractivity contribution in [1.29, 1.82) is 0 Å². The lowest BCUT2D eigenvalue weighted by molar-refractivity contribution is 0.181. The second-order valence-corrected chi connectivity index (χ2v) is 5.80. The Morgan fingerprint density at radius 2 is 2.26 bits per heavy atom. The summed E-state index contributed by atoms with van der Waals surface area (Å²) >= 11 is 5.14. The fourth-order valence-corrected chi connectivity index (χ4v) is 3.10. The Morgan fingerprint density at radius 3 is 2.89 bits per heavy atom. The summed E-state index contributed by atoms with van der Waals surface area (Å²) in [4.78, 5) is 10.1. The minimum absolute atomic E-state index is 0.485. The van der Waals surface area contributed by atoms with Crippen molar-refractivity contribution in [1.82, 2.24) is 9.97 Å². The van der Waals surface area contributed by atoms with Gasteiger partial charge in [0.2, 0.25) is 0 Å². The molecule has 2 aromatic rings. The van der Waals surface area contributed by atoms with E-state index in [0.717, 1.165) is 39.7 Å². The normalized spacial score (nSPS) is 10.7. The van der Waals surface area contributed by atoms with Crippen LogP contribution in [0.15, 0.2) is 22.0 Å². The Hall–Kier alpha value is -0.980. The molecule has 102 valence electrons. The molecule has 0 aliphatic heterocycles. The van der Waals surface area contributed by atoms with Crippen molar-refractivity contribution in [2.45, 2.75) is 20.0 Å². The molecule has 0 amide bonds. The Labute approximate surface area is 125 Å². The molecular formula is C13H16BrN3OS. The molecule has 0 radical (unpaired) electrons. The van der Waals surface area contributed by atoms with Gasteiger partial charge in [0, 0.05) is 24.2 Å². The van der Waals surface area contributed by atoms with E-state index < -0.39 is 0 Å². The van der Waals surface area contributed by atoms with E-state index in [1.54, 1.807) is 18.4 Å². The highest BCUT2D eigenvalue weighted by Crippen LogP contribution is 2.31. The number of hydrogen-bond donors (Lipinski definition) is 1. The minimum atomic E-state index is 0.485. The second kappa shape index (κ2) is 6.98. The molecule has 0 saturated heterocycles. The third-order valence-electron chi connectivity index (χ3n) is 2.45. The average molecular weight is 342 g/mol. The molecule has 0 aromatic carbocycles. The molecule has 6 heteroatoms. The SMILES string of the molecule is CCCNc1cc(COC)nc(-c2sccc2Br)n1. The van der Waals surface area contributed by atoms with E-state index >= 15 is 0 Å². The molecular weight excluding hydrogens is 326 g/mol. The molecule has 0 saturated carbocycles. The Morgan fingerprint density at radius 1 is 1.42 bits per heavy atom. The van der Waals surface area contributed by atoms with E-state index in [9.17, 15) is 0 Å². The maximum absolute atomic E-state index is 5.16. The number of hydrogen-bond acceptors (Lipinski definition) is 5. The highest BCUT2D eigenvalue weighted by atomic mass is 79.9. The van der Waals surface area contributed by atoms with Crippen molar-refractivity contribution in [2.75, 3.05) is 19.0 Å². The smallest absolute Gasteiger partial charge is 0.173 e. The van der Waals surface area contributed by atoms with E-state index in [2.05, 4.69) is 38.1 Å². The summed E-state index contributed by atoms with van der Waals surface area (Å²) in [5.41, 5.74) is 0.881. The summed E-state index contributed by atoms with van der Waals surface area (Å²) in [6.07, 6.45) is 1.06. The largest absolute Gasteiger partial charge is 0.378 e. The van der Waals surface area contributed by atoms with Crippen molar-refractivity contribution < 1.29 is 4.74 Å². The van der Waals surface area contributed by atoms with Crippen LogP contribution in [0.1, 0.15) is 19.0 Å². The first-order valence-corrected chi connectivity index (χ1v) is 7.76. The Bertz CT molecular complexity index is 544. The topological polar surface area (TPSA) is 47.0 Å². The van der Waals surface area contributed by atoms with Crippen LogP contribution in [-0.2, 0) is 11.3 Å². The van der Waals surface area contributed by atoms with Crippen LogP contribution >= 0.6 is 27.3 Å². The summed E-state index contributed by atoms with van der Waals surface area (Å²) in [6, 6.07) is 3.94. The van der Waals surface area contributed by atoms with Crippen LogP contribution in [0.25, 0.3) is 10.7 Å². The molecule has 0 aliphatic rings. The second-order valence-electron chi connectivity index (χ2n) is 4.03. The average Bonchev–Trinajstić information content (AvgIpc) is 2.83. The summed E-state index contributed by atoms with van der Waals surface area (Å²) < 4.78 is 6.19. The van der Waals surface area contributed by atoms with Gasteiger partial charge < -0.3 is 10.1 Å². The lowest BCUT2D eigenvalue weighted by atomic mass is 10.3. The van der Waals surface area contributed by atoms with Gasteiger partial charge in [0.1, 0.15) is 5.82 Å². The van der Waals surface area contributed by atoms with E-state index in [0.29, 0.717) is 6.61 Å². The van der Waals surface area contributed by atoms with Crippen LogP contribution < -0.4 is 5.32 Å². The number of aromatic nitrogens is 2. The van der Waals surface area contributed by atoms with Gasteiger partial charge in [-0.3, -0.25) is 0 Å². The molecule has 2 heterocycles. The van der Waals surface area contributed by atoms with Crippen LogP contribution in [0.4, 0.5) is 5.82 Å². The van der Waals surface area contributed by atoms with Gasteiger partial charge in [-0.15, -0.1) is 11.3 Å². The molecule has 19 heavy (non-hydrogen) atoms. The van der Waals surface area contributed by atoms with Crippen LogP contribution in [0.2, 0.25) is 0 Å². The van der Waals surface area contributed by atoms with Crippen LogP contribution in [0.5, 0.6) is 0 Å². The fraction of sp³-hybridized carbons (Fsp3) is 0.385. The monoisotopic (exact) mass is 341 g/mol. The first kappa shape index (κ1) is 14.4. The van der Waals surface area contributed by atoms with E-state index in [1.165, 1.54) is 0 Å².